The summed E-state index contributed by atoms with van der Waals surface area (Å²) in [6.07, 6.45) is 1.12. The van der Waals surface area contributed by atoms with Crippen LogP contribution in [0.25, 0.3) is 10.9 Å². The predicted octanol–water partition coefficient (Wildman–Crippen LogP) is 1.69. The minimum absolute atomic E-state index is 0.0833. The summed E-state index contributed by atoms with van der Waals surface area (Å²) in [7, 11) is 8.92. The van der Waals surface area contributed by atoms with Crippen molar-refractivity contribution in [3.8, 4) is 17.2 Å². The largest absolute Gasteiger partial charge is 0.493 e. The monoisotopic (exact) mass is 361 g/mol. The Hall–Kier alpha value is -2.25. The van der Waals surface area contributed by atoms with Gasteiger partial charge in [-0.05, 0) is 26.6 Å². The van der Waals surface area contributed by atoms with Crippen molar-refractivity contribution < 1.29 is 14.2 Å². The molecule has 2 aromatic rings. The molecule has 1 aliphatic heterocycles. The van der Waals surface area contributed by atoms with E-state index in [1.807, 2.05) is 6.07 Å². The van der Waals surface area contributed by atoms with Gasteiger partial charge in [-0.1, -0.05) is 0 Å². The van der Waals surface area contributed by atoms with E-state index in [4.69, 9.17) is 14.2 Å². The second kappa shape index (κ2) is 7.55. The number of ether oxygens (including phenoxy) is 3. The van der Waals surface area contributed by atoms with E-state index < -0.39 is 0 Å². The van der Waals surface area contributed by atoms with Crippen molar-refractivity contribution in [1.29, 1.82) is 0 Å². The van der Waals surface area contributed by atoms with Crippen LogP contribution in [0.5, 0.6) is 17.2 Å². The summed E-state index contributed by atoms with van der Waals surface area (Å²) in [6.45, 7) is 2.57. The van der Waals surface area contributed by atoms with Gasteiger partial charge in [-0.2, -0.15) is 0 Å². The summed E-state index contributed by atoms with van der Waals surface area (Å²) in [4.78, 5) is 20.1. The molecule has 7 heteroatoms. The molecule has 3 rings (SSSR count). The first kappa shape index (κ1) is 18.5. The van der Waals surface area contributed by atoms with Crippen LogP contribution in [-0.2, 0) is 6.54 Å². The van der Waals surface area contributed by atoms with Crippen molar-refractivity contribution in [1.82, 2.24) is 14.8 Å². The predicted molar refractivity (Wildman–Crippen MR) is 102 cm³/mol. The van der Waals surface area contributed by atoms with Gasteiger partial charge in [0.2, 0.25) is 5.75 Å². The summed E-state index contributed by atoms with van der Waals surface area (Å²) < 4.78 is 16.4. The summed E-state index contributed by atoms with van der Waals surface area (Å²) in [5.41, 5.74) is 1.31. The highest BCUT2D eigenvalue weighted by molar-refractivity contribution is 5.90. The van der Waals surface area contributed by atoms with Gasteiger partial charge in [0.1, 0.15) is 0 Å². The first-order valence-corrected chi connectivity index (χ1v) is 8.72. The zero-order valence-corrected chi connectivity index (χ0v) is 16.1. The number of hydrogen-bond donors (Lipinski definition) is 1. The third-order valence-corrected chi connectivity index (χ3v) is 5.10. The van der Waals surface area contributed by atoms with Crippen LogP contribution in [0.15, 0.2) is 16.9 Å². The number of pyridine rings is 1. The molecule has 0 radical (unpaired) electrons. The number of rotatable bonds is 6. The number of aromatic amines is 1. The summed E-state index contributed by atoms with van der Waals surface area (Å²) in [5.74, 6) is 1.61. The molecule has 1 fully saturated rings. The number of benzene rings is 1. The third-order valence-electron chi connectivity index (χ3n) is 5.10. The zero-order chi connectivity index (χ0) is 18.8. The van der Waals surface area contributed by atoms with E-state index in [1.54, 1.807) is 27.4 Å². The summed E-state index contributed by atoms with van der Waals surface area (Å²) >= 11 is 0. The third kappa shape index (κ3) is 3.37. The van der Waals surface area contributed by atoms with Crippen molar-refractivity contribution in [3.63, 3.8) is 0 Å². The molecule has 0 unspecified atom stereocenters. The maximum atomic E-state index is 12.6. The first-order chi connectivity index (χ1) is 12.5. The Bertz CT molecular complexity index is 847. The quantitative estimate of drug-likeness (QED) is 0.845. The van der Waals surface area contributed by atoms with Gasteiger partial charge in [-0.15, -0.1) is 0 Å². The van der Waals surface area contributed by atoms with Crippen LogP contribution in [0.1, 0.15) is 12.0 Å². The molecule has 0 bridgehead atoms. The van der Waals surface area contributed by atoms with E-state index in [0.29, 0.717) is 35.4 Å². The average molecular weight is 361 g/mol. The SMILES string of the molecule is COc1cc2[nH]c(=O)c(CN3CC[C@H](N(C)C)C3)cc2c(OC)c1OC. The summed E-state index contributed by atoms with van der Waals surface area (Å²) in [6, 6.07) is 4.20. The molecule has 1 N–H and O–H groups in total. The molecule has 1 aliphatic rings. The minimum atomic E-state index is -0.0833. The smallest absolute Gasteiger partial charge is 0.252 e. The van der Waals surface area contributed by atoms with E-state index in [1.165, 1.54) is 0 Å². The fraction of sp³-hybridized carbons (Fsp3) is 0.526. The lowest BCUT2D eigenvalue weighted by Gasteiger charge is -2.20. The lowest BCUT2D eigenvalue weighted by atomic mass is 10.1. The normalized spacial score (nSPS) is 17.8. The maximum absolute atomic E-state index is 12.6. The molecule has 2 heterocycles. The van der Waals surface area contributed by atoms with Crippen LogP contribution in [0.3, 0.4) is 0 Å². The fourth-order valence-electron chi connectivity index (χ4n) is 3.60. The van der Waals surface area contributed by atoms with E-state index in [2.05, 4.69) is 28.9 Å². The molecule has 1 saturated heterocycles. The number of H-pyrrole nitrogens is 1. The Balaban J connectivity index is 2.00. The van der Waals surface area contributed by atoms with Crippen molar-refractivity contribution in [2.24, 2.45) is 0 Å². The lowest BCUT2D eigenvalue weighted by Crippen LogP contribution is -2.32. The molecule has 26 heavy (non-hydrogen) atoms. The molecule has 0 saturated carbocycles. The molecule has 1 atom stereocenters. The lowest BCUT2D eigenvalue weighted by molar-refractivity contribution is 0.264. The van der Waals surface area contributed by atoms with Crippen molar-refractivity contribution in [2.45, 2.75) is 19.0 Å². The molecule has 7 nitrogen and oxygen atoms in total. The average Bonchev–Trinajstić information content (AvgIpc) is 3.09. The van der Waals surface area contributed by atoms with Gasteiger partial charge in [0.15, 0.2) is 11.5 Å². The molecule has 1 aromatic heterocycles. The van der Waals surface area contributed by atoms with Crippen molar-refractivity contribution in [2.75, 3.05) is 48.5 Å². The van der Waals surface area contributed by atoms with E-state index in [-0.39, 0.29) is 5.56 Å². The molecule has 1 aromatic carbocycles. The highest BCUT2D eigenvalue weighted by Crippen LogP contribution is 2.42. The number of nitrogens with zero attached hydrogens (tertiary/aromatic N) is 2. The summed E-state index contributed by atoms with van der Waals surface area (Å²) in [5, 5.41) is 0.808. The molecule has 0 aliphatic carbocycles. The Kier molecular flexibility index (Phi) is 5.38. The van der Waals surface area contributed by atoms with Crippen molar-refractivity contribution >= 4 is 10.9 Å². The van der Waals surface area contributed by atoms with Gasteiger partial charge >= 0.3 is 0 Å². The Morgan fingerprint density at radius 3 is 2.46 bits per heavy atom. The Labute approximate surface area is 153 Å². The second-order valence-corrected chi connectivity index (χ2v) is 6.87. The van der Waals surface area contributed by atoms with Gasteiger partial charge in [0.05, 0.1) is 26.8 Å². The van der Waals surface area contributed by atoms with Crippen LogP contribution in [0.4, 0.5) is 0 Å². The Morgan fingerprint density at radius 2 is 1.88 bits per heavy atom. The first-order valence-electron chi connectivity index (χ1n) is 8.72. The minimum Gasteiger partial charge on any atom is -0.493 e. The van der Waals surface area contributed by atoms with Crippen LogP contribution < -0.4 is 19.8 Å². The standard InChI is InChI=1S/C19H27N3O4/c1-21(2)13-6-7-22(11-13)10-12-8-14-15(20-19(12)23)9-16(24-3)18(26-5)17(14)25-4/h8-9,13H,6-7,10-11H2,1-5H3,(H,20,23)/t13-/m0/s1. The van der Waals surface area contributed by atoms with E-state index in [0.717, 1.165) is 30.5 Å². The van der Waals surface area contributed by atoms with Gasteiger partial charge in [0.25, 0.3) is 5.56 Å². The van der Waals surface area contributed by atoms with Gasteiger partial charge in [-0.25, -0.2) is 0 Å². The number of likely N-dealkylation sites (N-methyl/N-ethyl adjacent to an activating group) is 1. The molecule has 142 valence electrons. The highest BCUT2D eigenvalue weighted by Gasteiger charge is 2.25. The van der Waals surface area contributed by atoms with Gasteiger partial charge in [-0.3, -0.25) is 9.69 Å². The Morgan fingerprint density at radius 1 is 1.15 bits per heavy atom. The van der Waals surface area contributed by atoms with Crippen LogP contribution in [0.2, 0.25) is 0 Å². The highest BCUT2D eigenvalue weighted by atomic mass is 16.5. The maximum Gasteiger partial charge on any atom is 0.252 e. The molecule has 0 spiro atoms. The number of methoxy groups -OCH3 is 3. The number of aromatic nitrogens is 1. The fourth-order valence-corrected chi connectivity index (χ4v) is 3.60. The molecular formula is C19H27N3O4. The number of likely N-dealkylation sites (tertiary alicyclic amines) is 1. The van der Waals surface area contributed by atoms with Crippen molar-refractivity contribution in [3.05, 3.63) is 28.0 Å². The van der Waals surface area contributed by atoms with Crippen LogP contribution >= 0.6 is 0 Å². The second-order valence-electron chi connectivity index (χ2n) is 6.87. The van der Waals surface area contributed by atoms with Gasteiger partial charge in [0, 0.05) is 42.7 Å². The topological polar surface area (TPSA) is 67.0 Å². The molecule has 0 amide bonds. The van der Waals surface area contributed by atoms with E-state index in [9.17, 15) is 4.79 Å². The number of fused-ring (bicyclic) bond motifs is 1. The number of hydrogen-bond acceptors (Lipinski definition) is 6. The number of nitrogens with one attached hydrogen (secondary N) is 1. The molecular weight excluding hydrogens is 334 g/mol. The van der Waals surface area contributed by atoms with Gasteiger partial charge < -0.3 is 24.1 Å². The van der Waals surface area contributed by atoms with Crippen LogP contribution in [0, 0.1) is 0 Å². The zero-order valence-electron chi connectivity index (χ0n) is 16.1. The van der Waals surface area contributed by atoms with E-state index >= 15 is 0 Å². The van der Waals surface area contributed by atoms with Crippen LogP contribution in [-0.4, -0.2) is 69.3 Å².